The molecule has 19 heavy (non-hydrogen) atoms. The number of hydrogen-bond acceptors (Lipinski definition) is 3. The predicted octanol–water partition coefficient (Wildman–Crippen LogP) is 2.30. The number of benzene rings is 2. The Hall–Kier alpha value is -1.72. The highest BCUT2D eigenvalue weighted by atomic mass is 32.2. The van der Waals surface area contributed by atoms with Gasteiger partial charge in [0, 0.05) is 6.54 Å². The third-order valence-electron chi connectivity index (χ3n) is 2.90. The van der Waals surface area contributed by atoms with Gasteiger partial charge in [-0.25, -0.2) is 12.8 Å². The third kappa shape index (κ3) is 2.83. The van der Waals surface area contributed by atoms with E-state index in [-0.39, 0.29) is 11.4 Å². The van der Waals surface area contributed by atoms with Gasteiger partial charge in [-0.2, -0.15) is 0 Å². The van der Waals surface area contributed by atoms with Crippen LogP contribution in [0.25, 0.3) is 0 Å². The molecule has 2 aromatic carbocycles. The van der Waals surface area contributed by atoms with Crippen molar-refractivity contribution in [2.24, 2.45) is 5.73 Å². The average molecular weight is 279 g/mol. The monoisotopic (exact) mass is 279 g/mol. The maximum Gasteiger partial charge on any atom is 0.186 e. The quantitative estimate of drug-likeness (QED) is 0.934. The lowest BCUT2D eigenvalue weighted by atomic mass is 10.1. The molecule has 0 heterocycles. The van der Waals surface area contributed by atoms with Crippen molar-refractivity contribution < 1.29 is 12.8 Å². The SMILES string of the molecule is NC[C@H](c1ccc(F)cc1)S(=O)(=O)c1ccccc1. The molecule has 3 nitrogen and oxygen atoms in total. The fourth-order valence-corrected chi connectivity index (χ4v) is 3.53. The summed E-state index contributed by atoms with van der Waals surface area (Å²) in [6.07, 6.45) is 0. The molecule has 2 N–H and O–H groups in total. The molecule has 0 saturated carbocycles. The van der Waals surface area contributed by atoms with Crippen LogP contribution in [0.15, 0.2) is 59.5 Å². The molecule has 0 saturated heterocycles. The van der Waals surface area contributed by atoms with E-state index in [0.29, 0.717) is 5.56 Å². The number of halogens is 1. The van der Waals surface area contributed by atoms with Gasteiger partial charge in [0.15, 0.2) is 9.84 Å². The molecular weight excluding hydrogens is 265 g/mol. The Bertz CT molecular complexity index is 639. The first-order valence-corrected chi connectivity index (χ1v) is 7.35. The summed E-state index contributed by atoms with van der Waals surface area (Å²) in [6.45, 7) is -0.0527. The highest BCUT2D eigenvalue weighted by molar-refractivity contribution is 7.91. The van der Waals surface area contributed by atoms with Crippen molar-refractivity contribution in [1.82, 2.24) is 0 Å². The minimum atomic E-state index is -3.56. The molecule has 0 radical (unpaired) electrons. The number of sulfone groups is 1. The van der Waals surface area contributed by atoms with E-state index < -0.39 is 20.9 Å². The molecule has 0 aliphatic heterocycles. The first-order valence-electron chi connectivity index (χ1n) is 5.80. The minimum Gasteiger partial charge on any atom is -0.329 e. The second-order valence-corrected chi connectivity index (χ2v) is 6.26. The molecule has 5 heteroatoms. The Morgan fingerprint density at radius 2 is 1.58 bits per heavy atom. The largest absolute Gasteiger partial charge is 0.329 e. The predicted molar refractivity (Wildman–Crippen MR) is 71.8 cm³/mol. The van der Waals surface area contributed by atoms with E-state index in [2.05, 4.69) is 0 Å². The summed E-state index contributed by atoms with van der Waals surface area (Å²) in [5.41, 5.74) is 6.09. The van der Waals surface area contributed by atoms with Gasteiger partial charge in [-0.3, -0.25) is 0 Å². The number of nitrogens with two attached hydrogens (primary N) is 1. The molecule has 0 aliphatic rings. The Morgan fingerprint density at radius 1 is 1.00 bits per heavy atom. The van der Waals surface area contributed by atoms with Crippen molar-refractivity contribution in [1.29, 1.82) is 0 Å². The van der Waals surface area contributed by atoms with Crippen LogP contribution in [0.3, 0.4) is 0 Å². The maximum atomic E-state index is 12.9. The molecule has 0 fully saturated rings. The highest BCUT2D eigenvalue weighted by Gasteiger charge is 2.27. The molecule has 0 amide bonds. The summed E-state index contributed by atoms with van der Waals surface area (Å²) < 4.78 is 37.8. The van der Waals surface area contributed by atoms with Crippen LogP contribution in [0, 0.1) is 5.82 Å². The van der Waals surface area contributed by atoms with Gasteiger partial charge >= 0.3 is 0 Å². The van der Waals surface area contributed by atoms with E-state index in [9.17, 15) is 12.8 Å². The molecule has 100 valence electrons. The van der Waals surface area contributed by atoms with E-state index in [1.807, 2.05) is 0 Å². The molecule has 0 bridgehead atoms. The fraction of sp³-hybridized carbons (Fsp3) is 0.143. The standard InChI is InChI=1S/C14H14FNO2S/c15-12-8-6-11(7-9-12)14(10-16)19(17,18)13-4-2-1-3-5-13/h1-9,14H,10,16H2/t14-/m1/s1. The molecule has 0 aromatic heterocycles. The van der Waals surface area contributed by atoms with E-state index in [0.717, 1.165) is 0 Å². The van der Waals surface area contributed by atoms with Crippen LogP contribution in [0.4, 0.5) is 4.39 Å². The van der Waals surface area contributed by atoms with Crippen LogP contribution < -0.4 is 5.73 Å². The second-order valence-electron chi connectivity index (χ2n) is 4.13. The van der Waals surface area contributed by atoms with Gasteiger partial charge in [0.1, 0.15) is 11.1 Å². The maximum absolute atomic E-state index is 12.9. The molecular formula is C14H14FNO2S. The van der Waals surface area contributed by atoms with Crippen LogP contribution in [0.2, 0.25) is 0 Å². The second kappa shape index (κ2) is 5.50. The van der Waals surface area contributed by atoms with Crippen LogP contribution >= 0.6 is 0 Å². The smallest absolute Gasteiger partial charge is 0.186 e. The summed E-state index contributed by atoms with van der Waals surface area (Å²) in [6, 6.07) is 13.5. The molecule has 1 atom stereocenters. The number of hydrogen-bond donors (Lipinski definition) is 1. The topological polar surface area (TPSA) is 60.2 Å². The van der Waals surface area contributed by atoms with Crippen molar-refractivity contribution >= 4 is 9.84 Å². The zero-order valence-corrected chi connectivity index (χ0v) is 11.0. The van der Waals surface area contributed by atoms with E-state index in [4.69, 9.17) is 5.73 Å². The van der Waals surface area contributed by atoms with Crippen molar-refractivity contribution in [3.05, 3.63) is 66.0 Å². The molecule has 2 aromatic rings. The van der Waals surface area contributed by atoms with Gasteiger partial charge in [0.2, 0.25) is 0 Å². The summed E-state index contributed by atoms with van der Waals surface area (Å²) in [4.78, 5) is 0.217. The Balaban J connectivity index is 2.45. The van der Waals surface area contributed by atoms with Crippen molar-refractivity contribution in [2.75, 3.05) is 6.54 Å². The Morgan fingerprint density at radius 3 is 2.11 bits per heavy atom. The van der Waals surface area contributed by atoms with Crippen LogP contribution in [-0.2, 0) is 9.84 Å². The summed E-state index contributed by atoms with van der Waals surface area (Å²) in [7, 11) is -3.56. The van der Waals surface area contributed by atoms with Gasteiger partial charge < -0.3 is 5.73 Å². The number of rotatable bonds is 4. The Labute approximate surface area is 111 Å². The zero-order chi connectivity index (χ0) is 13.9. The van der Waals surface area contributed by atoms with Gasteiger partial charge in [0.05, 0.1) is 4.90 Å². The van der Waals surface area contributed by atoms with E-state index >= 15 is 0 Å². The first kappa shape index (κ1) is 13.7. The highest BCUT2D eigenvalue weighted by Crippen LogP contribution is 2.27. The Kier molecular flexibility index (Phi) is 3.97. The summed E-state index contributed by atoms with van der Waals surface area (Å²) in [5.74, 6) is -0.406. The summed E-state index contributed by atoms with van der Waals surface area (Å²) in [5, 5.41) is -0.865. The molecule has 0 aliphatic carbocycles. The van der Waals surface area contributed by atoms with Gasteiger partial charge in [-0.05, 0) is 29.8 Å². The van der Waals surface area contributed by atoms with Crippen LogP contribution in [-0.4, -0.2) is 15.0 Å². The van der Waals surface area contributed by atoms with E-state index in [1.54, 1.807) is 18.2 Å². The zero-order valence-electron chi connectivity index (χ0n) is 10.2. The normalized spacial score (nSPS) is 13.2. The van der Waals surface area contributed by atoms with Crippen molar-refractivity contribution in [2.45, 2.75) is 10.1 Å². The van der Waals surface area contributed by atoms with Gasteiger partial charge in [-0.15, -0.1) is 0 Å². The van der Waals surface area contributed by atoms with Crippen LogP contribution in [0.5, 0.6) is 0 Å². The van der Waals surface area contributed by atoms with E-state index in [1.165, 1.54) is 36.4 Å². The van der Waals surface area contributed by atoms with Crippen molar-refractivity contribution in [3.63, 3.8) is 0 Å². The fourth-order valence-electron chi connectivity index (χ4n) is 1.89. The average Bonchev–Trinajstić information content (AvgIpc) is 2.42. The lowest BCUT2D eigenvalue weighted by molar-refractivity contribution is 0.581. The van der Waals surface area contributed by atoms with Gasteiger partial charge in [0.25, 0.3) is 0 Å². The molecule has 0 unspecified atom stereocenters. The lowest BCUT2D eigenvalue weighted by Crippen LogP contribution is -2.22. The van der Waals surface area contributed by atoms with Crippen molar-refractivity contribution in [3.8, 4) is 0 Å². The molecule has 2 rings (SSSR count). The molecule has 0 spiro atoms. The van der Waals surface area contributed by atoms with Gasteiger partial charge in [-0.1, -0.05) is 30.3 Å². The lowest BCUT2D eigenvalue weighted by Gasteiger charge is -2.16. The van der Waals surface area contributed by atoms with Crippen LogP contribution in [0.1, 0.15) is 10.8 Å². The minimum absolute atomic E-state index is 0.0527. The first-order chi connectivity index (χ1) is 9.05. The third-order valence-corrected chi connectivity index (χ3v) is 5.05. The summed E-state index contributed by atoms with van der Waals surface area (Å²) >= 11 is 0.